The van der Waals surface area contributed by atoms with E-state index in [4.69, 9.17) is 5.73 Å². The minimum Gasteiger partial charge on any atom is -0.381 e. The fourth-order valence-electron chi connectivity index (χ4n) is 3.11. The maximum atomic E-state index is 13.5. The van der Waals surface area contributed by atoms with Gasteiger partial charge in [0.2, 0.25) is 0 Å². The summed E-state index contributed by atoms with van der Waals surface area (Å²) in [4.78, 5) is 0. The third-order valence-corrected chi connectivity index (χ3v) is 4.06. The average molecular weight is 288 g/mol. The summed E-state index contributed by atoms with van der Waals surface area (Å²) in [5.41, 5.74) is 8.54. The molecule has 0 amide bonds. The van der Waals surface area contributed by atoms with Crippen molar-refractivity contribution in [1.82, 2.24) is 9.78 Å². The van der Waals surface area contributed by atoms with Crippen LogP contribution in [-0.4, -0.2) is 22.9 Å². The smallest absolute Gasteiger partial charge is 0.125 e. The van der Waals surface area contributed by atoms with E-state index in [0.717, 1.165) is 29.9 Å². The van der Waals surface area contributed by atoms with Gasteiger partial charge in [0.15, 0.2) is 0 Å². The molecule has 112 valence electrons. The van der Waals surface area contributed by atoms with Gasteiger partial charge in [0, 0.05) is 19.0 Å². The molecular formula is C16H21FN4. The second kappa shape index (κ2) is 6.26. The fraction of sp³-hybridized carbons (Fsp3) is 0.438. The number of rotatable bonds is 5. The van der Waals surface area contributed by atoms with Crippen LogP contribution in [0.25, 0.3) is 5.69 Å². The van der Waals surface area contributed by atoms with Gasteiger partial charge >= 0.3 is 0 Å². The second-order valence-electron chi connectivity index (χ2n) is 5.53. The lowest BCUT2D eigenvalue weighted by atomic mass is 10.0. The molecule has 0 spiro atoms. The first-order valence-corrected chi connectivity index (χ1v) is 7.57. The monoisotopic (exact) mass is 288 g/mol. The van der Waals surface area contributed by atoms with Crippen LogP contribution < -0.4 is 11.1 Å². The molecule has 0 atom stereocenters. The van der Waals surface area contributed by atoms with Gasteiger partial charge in [-0.15, -0.1) is 0 Å². The van der Waals surface area contributed by atoms with E-state index in [1.165, 1.54) is 25.0 Å². The Morgan fingerprint density at radius 2 is 2.14 bits per heavy atom. The van der Waals surface area contributed by atoms with Gasteiger partial charge in [-0.05, 0) is 31.0 Å². The zero-order valence-corrected chi connectivity index (χ0v) is 12.1. The molecule has 1 aliphatic rings. The third kappa shape index (κ3) is 2.93. The van der Waals surface area contributed by atoms with Gasteiger partial charge in [-0.25, -0.2) is 9.07 Å². The van der Waals surface area contributed by atoms with Crippen LogP contribution in [0.5, 0.6) is 0 Å². The molecule has 0 unspecified atom stereocenters. The second-order valence-corrected chi connectivity index (χ2v) is 5.53. The van der Waals surface area contributed by atoms with Crippen molar-refractivity contribution >= 4 is 5.69 Å². The quantitative estimate of drug-likeness (QED) is 0.889. The Bertz CT molecular complexity index is 602. The summed E-state index contributed by atoms with van der Waals surface area (Å²) in [6.07, 6.45) is 6.65. The van der Waals surface area contributed by atoms with Crippen molar-refractivity contribution in [3.63, 3.8) is 0 Å². The van der Waals surface area contributed by atoms with Gasteiger partial charge in [0.05, 0.1) is 23.3 Å². The molecule has 1 aliphatic carbocycles. The normalized spacial score (nSPS) is 15.5. The molecule has 2 aromatic rings. The molecule has 1 aromatic carbocycles. The van der Waals surface area contributed by atoms with Crippen LogP contribution in [-0.2, 0) is 0 Å². The minimum absolute atomic E-state index is 0.239. The summed E-state index contributed by atoms with van der Waals surface area (Å²) < 4.78 is 15.4. The van der Waals surface area contributed by atoms with Crippen LogP contribution in [0.1, 0.15) is 37.3 Å². The number of anilines is 1. The number of hydrogen-bond donors (Lipinski definition) is 2. The molecule has 0 bridgehead atoms. The summed E-state index contributed by atoms with van der Waals surface area (Å²) in [6, 6.07) is 6.59. The van der Waals surface area contributed by atoms with Crippen LogP contribution in [0, 0.1) is 5.82 Å². The average Bonchev–Trinajstić information content (AvgIpc) is 3.14. The van der Waals surface area contributed by atoms with Crippen molar-refractivity contribution in [2.75, 3.05) is 18.4 Å². The van der Waals surface area contributed by atoms with E-state index >= 15 is 0 Å². The molecule has 3 N–H and O–H groups in total. The van der Waals surface area contributed by atoms with E-state index in [9.17, 15) is 4.39 Å². The molecule has 1 heterocycles. The van der Waals surface area contributed by atoms with Crippen molar-refractivity contribution in [1.29, 1.82) is 0 Å². The summed E-state index contributed by atoms with van der Waals surface area (Å²) in [7, 11) is 0. The number of nitrogens with one attached hydrogen (secondary N) is 1. The Labute approximate surface area is 124 Å². The number of nitrogens with zero attached hydrogens (tertiary/aromatic N) is 2. The Balaban J connectivity index is 2.01. The molecular weight excluding hydrogens is 267 g/mol. The van der Waals surface area contributed by atoms with Crippen molar-refractivity contribution in [3.8, 4) is 5.69 Å². The molecule has 1 saturated carbocycles. The summed E-state index contributed by atoms with van der Waals surface area (Å²) in [5, 5.41) is 7.81. The lowest BCUT2D eigenvalue weighted by molar-refractivity contribution is 0.620. The van der Waals surface area contributed by atoms with Gasteiger partial charge in [0.25, 0.3) is 0 Å². The van der Waals surface area contributed by atoms with E-state index in [2.05, 4.69) is 10.4 Å². The Hall–Kier alpha value is -1.88. The summed E-state index contributed by atoms with van der Waals surface area (Å²) >= 11 is 0. The first kappa shape index (κ1) is 14.1. The van der Waals surface area contributed by atoms with Gasteiger partial charge < -0.3 is 11.1 Å². The molecule has 0 aliphatic heterocycles. The third-order valence-electron chi connectivity index (χ3n) is 4.06. The predicted molar refractivity (Wildman–Crippen MR) is 82.3 cm³/mol. The zero-order chi connectivity index (χ0) is 14.7. The van der Waals surface area contributed by atoms with Crippen LogP contribution >= 0.6 is 0 Å². The van der Waals surface area contributed by atoms with Crippen molar-refractivity contribution < 1.29 is 4.39 Å². The minimum atomic E-state index is -0.239. The van der Waals surface area contributed by atoms with Crippen molar-refractivity contribution in [2.24, 2.45) is 5.73 Å². The van der Waals surface area contributed by atoms with Gasteiger partial charge in [-0.2, -0.15) is 5.10 Å². The van der Waals surface area contributed by atoms with Crippen molar-refractivity contribution in [3.05, 3.63) is 42.0 Å². The number of nitrogens with two attached hydrogens (primary N) is 1. The lowest BCUT2D eigenvalue weighted by Crippen LogP contribution is -2.15. The van der Waals surface area contributed by atoms with E-state index < -0.39 is 0 Å². The highest BCUT2D eigenvalue weighted by molar-refractivity contribution is 5.52. The Morgan fingerprint density at radius 3 is 2.86 bits per heavy atom. The highest BCUT2D eigenvalue weighted by Crippen LogP contribution is 2.38. The largest absolute Gasteiger partial charge is 0.381 e. The number of hydrogen-bond acceptors (Lipinski definition) is 3. The zero-order valence-electron chi connectivity index (χ0n) is 12.1. The van der Waals surface area contributed by atoms with Crippen LogP contribution in [0.4, 0.5) is 10.1 Å². The maximum Gasteiger partial charge on any atom is 0.125 e. The van der Waals surface area contributed by atoms with E-state index in [0.29, 0.717) is 19.0 Å². The number of benzene rings is 1. The molecule has 1 fully saturated rings. The Kier molecular flexibility index (Phi) is 4.20. The molecule has 4 nitrogen and oxygen atoms in total. The van der Waals surface area contributed by atoms with Gasteiger partial charge in [0.1, 0.15) is 5.82 Å². The lowest BCUT2D eigenvalue weighted by Gasteiger charge is -2.16. The first-order valence-electron chi connectivity index (χ1n) is 7.57. The molecule has 21 heavy (non-hydrogen) atoms. The molecule has 0 saturated heterocycles. The standard InChI is InChI=1S/C16H21FN4/c17-13-6-3-7-14(10-13)21-16(12-4-1-2-5-12)15(11-20-21)19-9-8-18/h3,6-7,10-12,19H,1-2,4-5,8-9,18H2. The van der Waals surface area contributed by atoms with Gasteiger partial charge in [-0.3, -0.25) is 0 Å². The topological polar surface area (TPSA) is 55.9 Å². The molecule has 1 aromatic heterocycles. The first-order chi connectivity index (χ1) is 10.3. The number of halogens is 1. The van der Waals surface area contributed by atoms with E-state index in [1.54, 1.807) is 6.07 Å². The SMILES string of the molecule is NCCNc1cnn(-c2cccc(F)c2)c1C1CCCC1. The highest BCUT2D eigenvalue weighted by atomic mass is 19.1. The fourth-order valence-corrected chi connectivity index (χ4v) is 3.11. The maximum absolute atomic E-state index is 13.5. The predicted octanol–water partition coefficient (Wildman–Crippen LogP) is 3.04. The molecule has 3 rings (SSSR count). The summed E-state index contributed by atoms with van der Waals surface area (Å²) in [6.45, 7) is 1.30. The highest BCUT2D eigenvalue weighted by Gasteiger charge is 2.25. The Morgan fingerprint density at radius 1 is 1.33 bits per heavy atom. The molecule has 0 radical (unpaired) electrons. The molecule has 5 heteroatoms. The number of aromatic nitrogens is 2. The van der Waals surface area contributed by atoms with Crippen LogP contribution in [0.3, 0.4) is 0 Å². The van der Waals surface area contributed by atoms with E-state index in [-0.39, 0.29) is 5.82 Å². The van der Waals surface area contributed by atoms with Gasteiger partial charge in [-0.1, -0.05) is 18.9 Å². The summed E-state index contributed by atoms with van der Waals surface area (Å²) in [5.74, 6) is 0.243. The van der Waals surface area contributed by atoms with Crippen LogP contribution in [0.15, 0.2) is 30.5 Å². The van der Waals surface area contributed by atoms with Crippen LogP contribution in [0.2, 0.25) is 0 Å². The van der Waals surface area contributed by atoms with Crippen molar-refractivity contribution in [2.45, 2.75) is 31.6 Å². The van der Waals surface area contributed by atoms with E-state index in [1.807, 2.05) is 16.9 Å².